The predicted molar refractivity (Wildman–Crippen MR) is 67.3 cm³/mol. The zero-order valence-electron chi connectivity index (χ0n) is 9.50. The third-order valence-electron chi connectivity index (χ3n) is 2.25. The first-order valence-electron chi connectivity index (χ1n) is 5.36. The summed E-state index contributed by atoms with van der Waals surface area (Å²) in [6.07, 6.45) is 0.470. The summed E-state index contributed by atoms with van der Waals surface area (Å²) in [6, 6.07) is 7.91. The van der Waals surface area contributed by atoms with Crippen molar-refractivity contribution in [3.05, 3.63) is 34.3 Å². The molecule has 0 aliphatic carbocycles. The molecule has 0 saturated carbocycles. The first kappa shape index (κ1) is 13.0. The van der Waals surface area contributed by atoms with E-state index in [1.165, 1.54) is 0 Å². The third kappa shape index (κ3) is 3.85. The average Bonchev–Trinajstić information content (AvgIpc) is 2.27. The minimum Gasteiger partial charge on any atom is -0.450 e. The van der Waals surface area contributed by atoms with E-state index in [0.29, 0.717) is 6.61 Å². The molecule has 4 heteroatoms. The number of ether oxygens (including phenoxy) is 1. The van der Waals surface area contributed by atoms with Crippen LogP contribution in [-0.2, 0) is 4.74 Å². The molecule has 0 saturated heterocycles. The highest BCUT2D eigenvalue weighted by Crippen LogP contribution is 2.19. The fourth-order valence-electron chi connectivity index (χ4n) is 1.43. The molecule has 0 aromatic heterocycles. The zero-order chi connectivity index (χ0) is 12.0. The van der Waals surface area contributed by atoms with E-state index in [1.54, 1.807) is 6.92 Å². The number of nitrogens with one attached hydrogen (secondary N) is 1. The molecule has 0 bridgehead atoms. The average molecular weight is 286 g/mol. The Balaban J connectivity index is 2.67. The van der Waals surface area contributed by atoms with E-state index >= 15 is 0 Å². The first-order chi connectivity index (χ1) is 7.67. The monoisotopic (exact) mass is 285 g/mol. The van der Waals surface area contributed by atoms with Crippen LogP contribution in [0.3, 0.4) is 0 Å². The van der Waals surface area contributed by atoms with Crippen molar-refractivity contribution < 1.29 is 9.53 Å². The van der Waals surface area contributed by atoms with Gasteiger partial charge in [-0.05, 0) is 31.0 Å². The van der Waals surface area contributed by atoms with Crippen molar-refractivity contribution in [2.24, 2.45) is 0 Å². The van der Waals surface area contributed by atoms with Gasteiger partial charge < -0.3 is 10.1 Å². The van der Waals surface area contributed by atoms with Crippen LogP contribution < -0.4 is 5.32 Å². The molecule has 16 heavy (non-hydrogen) atoms. The zero-order valence-corrected chi connectivity index (χ0v) is 11.1. The highest BCUT2D eigenvalue weighted by atomic mass is 79.9. The Labute approximate surface area is 104 Å². The van der Waals surface area contributed by atoms with Crippen molar-refractivity contribution in [2.45, 2.75) is 26.3 Å². The Bertz CT molecular complexity index is 337. The summed E-state index contributed by atoms with van der Waals surface area (Å²) in [4.78, 5) is 11.3. The van der Waals surface area contributed by atoms with E-state index in [-0.39, 0.29) is 12.1 Å². The fourth-order valence-corrected chi connectivity index (χ4v) is 1.70. The Morgan fingerprint density at radius 2 is 2.00 bits per heavy atom. The summed E-state index contributed by atoms with van der Waals surface area (Å²) >= 11 is 3.38. The van der Waals surface area contributed by atoms with Crippen LogP contribution in [0.5, 0.6) is 0 Å². The van der Waals surface area contributed by atoms with Gasteiger partial charge in [-0.1, -0.05) is 35.0 Å². The van der Waals surface area contributed by atoms with Crippen molar-refractivity contribution in [1.82, 2.24) is 5.32 Å². The van der Waals surface area contributed by atoms with Crippen LogP contribution in [0.4, 0.5) is 4.79 Å². The molecule has 1 amide bonds. The van der Waals surface area contributed by atoms with E-state index < -0.39 is 0 Å². The number of carbonyl (C=O) groups excluding carboxylic acids is 1. The van der Waals surface area contributed by atoms with Crippen LogP contribution in [0, 0.1) is 0 Å². The van der Waals surface area contributed by atoms with Crippen LogP contribution in [0.25, 0.3) is 0 Å². The smallest absolute Gasteiger partial charge is 0.407 e. The van der Waals surface area contributed by atoms with Crippen LogP contribution in [-0.4, -0.2) is 12.7 Å². The lowest BCUT2D eigenvalue weighted by Crippen LogP contribution is -2.28. The fraction of sp³-hybridized carbons (Fsp3) is 0.417. The Hall–Kier alpha value is -1.03. The summed E-state index contributed by atoms with van der Waals surface area (Å²) in [5.41, 5.74) is 1.08. The van der Waals surface area contributed by atoms with Crippen LogP contribution >= 0.6 is 15.9 Å². The van der Waals surface area contributed by atoms with Crippen molar-refractivity contribution in [1.29, 1.82) is 0 Å². The molecule has 3 nitrogen and oxygen atoms in total. The summed E-state index contributed by atoms with van der Waals surface area (Å²) < 4.78 is 5.89. The molecule has 1 aromatic rings. The van der Waals surface area contributed by atoms with Gasteiger partial charge in [0.05, 0.1) is 12.6 Å². The van der Waals surface area contributed by atoms with E-state index in [0.717, 1.165) is 16.5 Å². The first-order valence-corrected chi connectivity index (χ1v) is 6.15. The molecule has 1 N–H and O–H groups in total. The number of rotatable bonds is 4. The highest BCUT2D eigenvalue weighted by molar-refractivity contribution is 9.10. The molecule has 1 atom stereocenters. The van der Waals surface area contributed by atoms with Gasteiger partial charge in [-0.3, -0.25) is 0 Å². The summed E-state index contributed by atoms with van der Waals surface area (Å²) in [5.74, 6) is 0. The summed E-state index contributed by atoms with van der Waals surface area (Å²) in [6.45, 7) is 4.21. The van der Waals surface area contributed by atoms with Gasteiger partial charge >= 0.3 is 6.09 Å². The van der Waals surface area contributed by atoms with Crippen molar-refractivity contribution in [2.75, 3.05) is 6.61 Å². The Morgan fingerprint density at radius 1 is 1.38 bits per heavy atom. The van der Waals surface area contributed by atoms with Crippen LogP contribution in [0.15, 0.2) is 28.7 Å². The maximum absolute atomic E-state index is 11.3. The Kier molecular flexibility index (Phi) is 5.32. The number of hydrogen-bond donors (Lipinski definition) is 1. The Morgan fingerprint density at radius 3 is 2.50 bits per heavy atom. The maximum Gasteiger partial charge on any atom is 0.407 e. The molecule has 0 aliphatic heterocycles. The minimum absolute atomic E-state index is 0.00662. The lowest BCUT2D eigenvalue weighted by Gasteiger charge is -2.17. The normalized spacial score (nSPS) is 11.9. The number of alkyl carbamates (subject to hydrolysis) is 1. The summed E-state index contributed by atoms with van der Waals surface area (Å²) in [7, 11) is 0. The molecule has 0 unspecified atom stereocenters. The van der Waals surface area contributed by atoms with Crippen molar-refractivity contribution in [3.63, 3.8) is 0 Å². The van der Waals surface area contributed by atoms with Crippen LogP contribution in [0.2, 0.25) is 0 Å². The number of amides is 1. The molecule has 88 valence electrons. The molecule has 0 aliphatic rings. The van der Waals surface area contributed by atoms with Gasteiger partial charge in [-0.15, -0.1) is 0 Å². The lowest BCUT2D eigenvalue weighted by molar-refractivity contribution is 0.147. The summed E-state index contributed by atoms with van der Waals surface area (Å²) in [5, 5.41) is 2.83. The highest BCUT2D eigenvalue weighted by Gasteiger charge is 2.12. The lowest BCUT2D eigenvalue weighted by atomic mass is 10.1. The number of hydrogen-bond acceptors (Lipinski definition) is 2. The van der Waals surface area contributed by atoms with Crippen LogP contribution in [0.1, 0.15) is 31.9 Å². The topological polar surface area (TPSA) is 38.3 Å². The third-order valence-corrected chi connectivity index (χ3v) is 2.78. The second-order valence-electron chi connectivity index (χ2n) is 3.38. The van der Waals surface area contributed by atoms with E-state index in [1.807, 2.05) is 31.2 Å². The second-order valence-corrected chi connectivity index (χ2v) is 4.29. The van der Waals surface area contributed by atoms with E-state index in [4.69, 9.17) is 4.74 Å². The molecule has 0 spiro atoms. The number of carbonyl (C=O) groups is 1. The largest absolute Gasteiger partial charge is 0.450 e. The van der Waals surface area contributed by atoms with Gasteiger partial charge in [0.15, 0.2) is 0 Å². The molecule has 0 radical (unpaired) electrons. The molecular weight excluding hydrogens is 270 g/mol. The van der Waals surface area contributed by atoms with Gasteiger partial charge in [0.1, 0.15) is 0 Å². The van der Waals surface area contributed by atoms with Gasteiger partial charge in [0.2, 0.25) is 0 Å². The SMILES string of the molecule is CCOC(=O)N[C@@H](CC)c1ccc(Br)cc1. The van der Waals surface area contributed by atoms with Crippen molar-refractivity contribution >= 4 is 22.0 Å². The van der Waals surface area contributed by atoms with Gasteiger partial charge in [0, 0.05) is 4.47 Å². The van der Waals surface area contributed by atoms with E-state index in [9.17, 15) is 4.79 Å². The molecule has 1 aromatic carbocycles. The maximum atomic E-state index is 11.3. The molecule has 1 rings (SSSR count). The van der Waals surface area contributed by atoms with Crippen molar-refractivity contribution in [3.8, 4) is 0 Å². The van der Waals surface area contributed by atoms with E-state index in [2.05, 4.69) is 21.2 Å². The predicted octanol–water partition coefficient (Wildman–Crippen LogP) is 3.65. The molecule has 0 heterocycles. The standard InChI is InChI=1S/C12H16BrNO2/c1-3-11(14-12(15)16-4-2)9-5-7-10(13)8-6-9/h5-8,11H,3-4H2,1-2H3,(H,14,15)/t11-/m0/s1. The number of halogens is 1. The van der Waals surface area contributed by atoms with Gasteiger partial charge in [-0.2, -0.15) is 0 Å². The number of benzene rings is 1. The minimum atomic E-state index is -0.364. The molecule has 0 fully saturated rings. The molecular formula is C12H16BrNO2. The van der Waals surface area contributed by atoms with Gasteiger partial charge in [-0.25, -0.2) is 4.79 Å². The van der Waals surface area contributed by atoms with Gasteiger partial charge in [0.25, 0.3) is 0 Å². The quantitative estimate of drug-likeness (QED) is 0.917. The second kappa shape index (κ2) is 6.53.